The number of benzene rings is 10. The Morgan fingerprint density at radius 2 is 0.879 bits per heavy atom. The number of fused-ring (bicyclic) bond motifs is 6. The molecule has 10 aromatic carbocycles. The first kappa shape index (κ1) is 33.6. The molecule has 0 bridgehead atoms. The second-order valence-corrected chi connectivity index (χ2v) is 14.9. The van der Waals surface area contributed by atoms with E-state index in [2.05, 4.69) is 229 Å². The predicted octanol–water partition coefficient (Wildman–Crippen LogP) is 16.0. The predicted molar refractivity (Wildman–Crippen MR) is 245 cm³/mol. The summed E-state index contributed by atoms with van der Waals surface area (Å²) in [6.45, 7) is 0. The third kappa shape index (κ3) is 5.82. The van der Waals surface area contributed by atoms with Gasteiger partial charge in [0.25, 0.3) is 0 Å². The summed E-state index contributed by atoms with van der Waals surface area (Å²) in [5, 5.41) is 6.98. The van der Waals surface area contributed by atoms with Crippen LogP contribution in [-0.2, 0) is 0 Å². The third-order valence-electron chi connectivity index (χ3n) is 11.5. The Kier molecular flexibility index (Phi) is 8.19. The molecule has 2 nitrogen and oxygen atoms in total. The first-order chi connectivity index (χ1) is 28.8. The Morgan fingerprint density at radius 3 is 1.72 bits per heavy atom. The normalized spacial score (nSPS) is 11.4. The second-order valence-electron chi connectivity index (χ2n) is 14.9. The molecule has 0 aliphatic carbocycles. The highest BCUT2D eigenvalue weighted by atomic mass is 16.3. The van der Waals surface area contributed by atoms with Crippen molar-refractivity contribution in [1.82, 2.24) is 0 Å². The molecule has 11 rings (SSSR count). The lowest BCUT2D eigenvalue weighted by Crippen LogP contribution is -2.12. The Hall–Kier alpha value is -7.68. The van der Waals surface area contributed by atoms with Gasteiger partial charge >= 0.3 is 0 Å². The monoisotopic (exact) mass is 739 g/mol. The SMILES string of the molecule is c1ccc(-c2ccc(-c3ccccc3N(c3cccc(-c4ccc5ccccc5c4)c3)c3ccccc3-c3cccc4oc5c6ccccc6ccc5c34)cc2)cc1. The van der Waals surface area contributed by atoms with E-state index in [4.69, 9.17) is 4.42 Å². The van der Waals surface area contributed by atoms with E-state index in [0.29, 0.717) is 0 Å². The zero-order valence-electron chi connectivity index (χ0n) is 31.7. The first-order valence-corrected chi connectivity index (χ1v) is 19.8. The molecule has 0 aliphatic rings. The maximum atomic E-state index is 6.70. The zero-order chi connectivity index (χ0) is 38.4. The summed E-state index contributed by atoms with van der Waals surface area (Å²) in [5.41, 5.74) is 14.3. The van der Waals surface area contributed by atoms with Crippen molar-refractivity contribution in [2.75, 3.05) is 4.90 Å². The van der Waals surface area contributed by atoms with Crippen LogP contribution in [0.1, 0.15) is 0 Å². The van der Waals surface area contributed by atoms with Crippen LogP contribution in [0.4, 0.5) is 17.1 Å². The number of nitrogens with zero attached hydrogens (tertiary/aromatic N) is 1. The smallest absolute Gasteiger partial charge is 0.143 e. The summed E-state index contributed by atoms with van der Waals surface area (Å²) < 4.78 is 6.70. The fraction of sp³-hybridized carbons (Fsp3) is 0. The number of anilines is 3. The first-order valence-electron chi connectivity index (χ1n) is 19.8. The fourth-order valence-corrected chi connectivity index (χ4v) is 8.66. The number of rotatable bonds is 7. The minimum Gasteiger partial charge on any atom is -0.455 e. The van der Waals surface area contributed by atoms with Gasteiger partial charge in [0, 0.05) is 33.0 Å². The quantitative estimate of drug-likeness (QED) is 0.162. The van der Waals surface area contributed by atoms with Crippen molar-refractivity contribution < 1.29 is 4.42 Å². The molecule has 58 heavy (non-hydrogen) atoms. The van der Waals surface area contributed by atoms with Gasteiger partial charge in [-0.2, -0.15) is 0 Å². The summed E-state index contributed by atoms with van der Waals surface area (Å²) in [6, 6.07) is 80.7. The lowest BCUT2D eigenvalue weighted by atomic mass is 9.94. The highest BCUT2D eigenvalue weighted by molar-refractivity contribution is 6.20. The Bertz CT molecular complexity index is 3290. The van der Waals surface area contributed by atoms with Crippen LogP contribution in [0.15, 0.2) is 229 Å². The largest absolute Gasteiger partial charge is 0.455 e. The van der Waals surface area contributed by atoms with E-state index in [9.17, 15) is 0 Å². The molecule has 272 valence electrons. The Morgan fingerprint density at radius 1 is 0.310 bits per heavy atom. The minimum atomic E-state index is 0.877. The second kappa shape index (κ2) is 14.1. The van der Waals surface area contributed by atoms with Crippen LogP contribution in [0.2, 0.25) is 0 Å². The van der Waals surface area contributed by atoms with Crippen LogP contribution in [0.3, 0.4) is 0 Å². The van der Waals surface area contributed by atoms with Gasteiger partial charge < -0.3 is 9.32 Å². The van der Waals surface area contributed by atoms with Crippen LogP contribution < -0.4 is 4.90 Å². The minimum absolute atomic E-state index is 0.877. The molecule has 1 aromatic heterocycles. The zero-order valence-corrected chi connectivity index (χ0v) is 31.7. The van der Waals surface area contributed by atoms with Gasteiger partial charge in [0.05, 0.1) is 11.4 Å². The van der Waals surface area contributed by atoms with E-state index in [1.54, 1.807) is 0 Å². The topological polar surface area (TPSA) is 16.4 Å². The van der Waals surface area contributed by atoms with Crippen LogP contribution in [0.5, 0.6) is 0 Å². The molecule has 0 unspecified atom stereocenters. The third-order valence-corrected chi connectivity index (χ3v) is 11.5. The molecule has 1 heterocycles. The summed E-state index contributed by atoms with van der Waals surface area (Å²) >= 11 is 0. The van der Waals surface area contributed by atoms with E-state index in [-0.39, 0.29) is 0 Å². The summed E-state index contributed by atoms with van der Waals surface area (Å²) in [4.78, 5) is 2.44. The summed E-state index contributed by atoms with van der Waals surface area (Å²) in [6.07, 6.45) is 0. The van der Waals surface area contributed by atoms with Gasteiger partial charge in [-0.25, -0.2) is 0 Å². The average Bonchev–Trinajstić information content (AvgIpc) is 3.70. The van der Waals surface area contributed by atoms with Crippen LogP contribution in [-0.4, -0.2) is 0 Å². The molecule has 0 fully saturated rings. The summed E-state index contributed by atoms with van der Waals surface area (Å²) in [5.74, 6) is 0. The molecule has 0 spiro atoms. The number of para-hydroxylation sites is 2. The maximum absolute atomic E-state index is 6.70. The standard InChI is InChI=1S/C56H37NO/c1-2-14-38(15-3-1)40-28-31-42(32-29-40)47-21-8-10-25-52(47)57(46-20-12-19-44(37-46)45-33-30-39-16-4-5-18-43(39)36-45)53-26-11-9-23-49(53)50-24-13-27-54-55(50)51-35-34-41-17-6-7-22-48(41)56(51)58-54/h1-37H. The number of furan rings is 1. The molecule has 0 saturated heterocycles. The highest BCUT2D eigenvalue weighted by Crippen LogP contribution is 2.48. The van der Waals surface area contributed by atoms with E-state index in [1.807, 2.05) is 0 Å². The lowest BCUT2D eigenvalue weighted by molar-refractivity contribution is 0.673. The van der Waals surface area contributed by atoms with E-state index < -0.39 is 0 Å². The van der Waals surface area contributed by atoms with Crippen molar-refractivity contribution in [2.45, 2.75) is 0 Å². The van der Waals surface area contributed by atoms with Gasteiger partial charge in [-0.15, -0.1) is 0 Å². The molecular formula is C56H37NO. The lowest BCUT2D eigenvalue weighted by Gasteiger charge is -2.30. The molecule has 0 atom stereocenters. The van der Waals surface area contributed by atoms with Crippen molar-refractivity contribution in [3.8, 4) is 44.5 Å². The van der Waals surface area contributed by atoms with E-state index in [1.165, 1.54) is 32.8 Å². The Balaban J connectivity index is 1.13. The van der Waals surface area contributed by atoms with Crippen molar-refractivity contribution in [2.24, 2.45) is 0 Å². The van der Waals surface area contributed by atoms with Crippen LogP contribution >= 0.6 is 0 Å². The molecule has 0 radical (unpaired) electrons. The molecule has 0 aliphatic heterocycles. The van der Waals surface area contributed by atoms with Crippen LogP contribution in [0.25, 0.3) is 88.0 Å². The van der Waals surface area contributed by atoms with Gasteiger partial charge in [-0.1, -0.05) is 182 Å². The summed E-state index contributed by atoms with van der Waals surface area (Å²) in [7, 11) is 0. The highest BCUT2D eigenvalue weighted by Gasteiger charge is 2.23. The molecule has 0 amide bonds. The fourth-order valence-electron chi connectivity index (χ4n) is 8.66. The van der Waals surface area contributed by atoms with Crippen LogP contribution in [0, 0.1) is 0 Å². The van der Waals surface area contributed by atoms with Crippen molar-refractivity contribution in [1.29, 1.82) is 0 Å². The van der Waals surface area contributed by atoms with Gasteiger partial charge in [0.15, 0.2) is 0 Å². The van der Waals surface area contributed by atoms with Crippen molar-refractivity contribution >= 4 is 60.5 Å². The maximum Gasteiger partial charge on any atom is 0.143 e. The number of hydrogen-bond acceptors (Lipinski definition) is 2. The van der Waals surface area contributed by atoms with Gasteiger partial charge in [0.1, 0.15) is 11.2 Å². The average molecular weight is 740 g/mol. The van der Waals surface area contributed by atoms with Gasteiger partial charge in [0.2, 0.25) is 0 Å². The van der Waals surface area contributed by atoms with E-state index >= 15 is 0 Å². The molecule has 0 saturated carbocycles. The Labute approximate surface area is 337 Å². The van der Waals surface area contributed by atoms with Crippen molar-refractivity contribution in [3.63, 3.8) is 0 Å². The van der Waals surface area contributed by atoms with Gasteiger partial charge in [-0.05, 0) is 92.0 Å². The molecular weight excluding hydrogens is 703 g/mol. The molecule has 0 N–H and O–H groups in total. The number of hydrogen-bond donors (Lipinski definition) is 0. The molecule has 2 heteroatoms. The van der Waals surface area contributed by atoms with Gasteiger partial charge in [-0.3, -0.25) is 0 Å². The molecule has 11 aromatic rings. The van der Waals surface area contributed by atoms with E-state index in [0.717, 1.165) is 72.2 Å². The van der Waals surface area contributed by atoms with Crippen molar-refractivity contribution in [3.05, 3.63) is 224 Å².